The van der Waals surface area contributed by atoms with Gasteiger partial charge in [0, 0.05) is 30.1 Å². The average Bonchev–Trinajstić information content (AvgIpc) is 2.70. The lowest BCUT2D eigenvalue weighted by Crippen LogP contribution is -2.36. The van der Waals surface area contributed by atoms with E-state index in [-0.39, 0.29) is 22.7 Å². The van der Waals surface area contributed by atoms with Crippen molar-refractivity contribution in [3.8, 4) is 0 Å². The average molecular weight is 318 g/mol. The fourth-order valence-electron chi connectivity index (χ4n) is 3.12. The Morgan fingerprint density at radius 3 is 2.33 bits per heavy atom. The van der Waals surface area contributed by atoms with Gasteiger partial charge in [-0.2, -0.15) is 13.2 Å². The summed E-state index contributed by atoms with van der Waals surface area (Å²) >= 11 is -0.0829. The molecule has 21 heavy (non-hydrogen) atoms. The topological polar surface area (TPSA) is 29.3 Å². The van der Waals surface area contributed by atoms with Gasteiger partial charge in [-0.05, 0) is 48.7 Å². The van der Waals surface area contributed by atoms with Gasteiger partial charge in [0.2, 0.25) is 0 Å². The number of thioether (sulfide) groups is 1. The van der Waals surface area contributed by atoms with E-state index in [2.05, 4.69) is 18.7 Å². The first-order valence-corrected chi connectivity index (χ1v) is 7.93. The molecule has 1 aliphatic rings. The van der Waals surface area contributed by atoms with E-state index >= 15 is 0 Å². The number of hydrogen-bond acceptors (Lipinski definition) is 3. The second-order valence-corrected chi connectivity index (χ2v) is 6.89. The lowest BCUT2D eigenvalue weighted by Gasteiger charge is -2.31. The van der Waals surface area contributed by atoms with Crippen LogP contribution in [0.25, 0.3) is 0 Å². The van der Waals surface area contributed by atoms with Crippen LogP contribution < -0.4 is 5.73 Å². The van der Waals surface area contributed by atoms with Crippen molar-refractivity contribution in [3.63, 3.8) is 0 Å². The maximum atomic E-state index is 12.3. The zero-order valence-corrected chi connectivity index (χ0v) is 13.0. The maximum Gasteiger partial charge on any atom is 0.446 e. The summed E-state index contributed by atoms with van der Waals surface area (Å²) < 4.78 is 37.0. The normalized spacial score (nSPS) is 25.2. The molecule has 1 fully saturated rings. The van der Waals surface area contributed by atoms with Crippen LogP contribution in [0.5, 0.6) is 0 Å². The molecule has 1 saturated heterocycles. The molecule has 118 valence electrons. The molecule has 0 bridgehead atoms. The summed E-state index contributed by atoms with van der Waals surface area (Å²) in [6.45, 7) is 5.86. The second kappa shape index (κ2) is 6.58. The number of nitrogens with zero attached hydrogens (tertiary/aromatic N) is 1. The first-order valence-electron chi connectivity index (χ1n) is 7.11. The molecule has 3 atom stereocenters. The molecular weight excluding hydrogens is 297 g/mol. The van der Waals surface area contributed by atoms with Gasteiger partial charge in [0.15, 0.2) is 0 Å². The Hall–Kier alpha value is -0.720. The van der Waals surface area contributed by atoms with E-state index in [1.165, 1.54) is 12.1 Å². The highest BCUT2D eigenvalue weighted by Gasteiger charge is 2.32. The lowest BCUT2D eigenvalue weighted by atomic mass is 10.0. The fraction of sp³-hybridized carbons (Fsp3) is 0.600. The fourth-order valence-corrected chi connectivity index (χ4v) is 3.66. The van der Waals surface area contributed by atoms with E-state index in [4.69, 9.17) is 5.73 Å². The molecule has 1 aromatic rings. The van der Waals surface area contributed by atoms with Gasteiger partial charge in [0.1, 0.15) is 0 Å². The van der Waals surface area contributed by atoms with E-state index in [1.54, 1.807) is 12.1 Å². The third-order valence-electron chi connectivity index (χ3n) is 3.95. The highest BCUT2D eigenvalue weighted by Crippen LogP contribution is 2.38. The van der Waals surface area contributed by atoms with Crippen molar-refractivity contribution in [2.75, 3.05) is 13.1 Å². The highest BCUT2D eigenvalue weighted by molar-refractivity contribution is 8.00. The van der Waals surface area contributed by atoms with E-state index in [0.717, 1.165) is 18.5 Å². The minimum Gasteiger partial charge on any atom is -0.329 e. The Balaban J connectivity index is 2.12. The van der Waals surface area contributed by atoms with Crippen LogP contribution >= 0.6 is 11.8 Å². The first-order chi connectivity index (χ1) is 9.80. The monoisotopic (exact) mass is 318 g/mol. The van der Waals surface area contributed by atoms with Gasteiger partial charge in [-0.3, -0.25) is 4.90 Å². The molecule has 3 unspecified atom stereocenters. The summed E-state index contributed by atoms with van der Waals surface area (Å²) in [6, 6.07) is 7.12. The summed E-state index contributed by atoms with van der Waals surface area (Å²) in [7, 11) is 0. The Morgan fingerprint density at radius 1 is 1.29 bits per heavy atom. The summed E-state index contributed by atoms with van der Waals surface area (Å²) in [5, 5.41) is 0. The number of hydrogen-bond donors (Lipinski definition) is 1. The Labute approximate surface area is 127 Å². The third-order valence-corrected chi connectivity index (χ3v) is 4.69. The molecule has 1 aliphatic heterocycles. The zero-order chi connectivity index (χ0) is 15.6. The van der Waals surface area contributed by atoms with Crippen LogP contribution in [-0.2, 0) is 0 Å². The van der Waals surface area contributed by atoms with E-state index in [0.29, 0.717) is 18.5 Å². The molecular formula is C15H21F3N2S. The SMILES string of the molecule is CC1CC(C)N(C(CN)c2ccc(SC(F)(F)F)cc2)C1. The van der Waals surface area contributed by atoms with Gasteiger partial charge in [0.05, 0.1) is 0 Å². The van der Waals surface area contributed by atoms with Crippen LogP contribution in [0.3, 0.4) is 0 Å². The van der Waals surface area contributed by atoms with Crippen LogP contribution in [-0.4, -0.2) is 29.5 Å². The Kier molecular flexibility index (Phi) is 5.22. The van der Waals surface area contributed by atoms with Gasteiger partial charge in [-0.25, -0.2) is 0 Å². The standard InChI is InChI=1S/C15H21F3N2S/c1-10-7-11(2)20(9-10)14(8-19)12-3-5-13(6-4-12)21-15(16,17)18/h3-6,10-11,14H,7-9,19H2,1-2H3. The van der Waals surface area contributed by atoms with Crippen LogP contribution in [0, 0.1) is 5.92 Å². The molecule has 6 heteroatoms. The van der Waals surface area contributed by atoms with Gasteiger partial charge in [-0.15, -0.1) is 0 Å². The van der Waals surface area contributed by atoms with Crippen molar-refractivity contribution in [3.05, 3.63) is 29.8 Å². The first kappa shape index (κ1) is 16.6. The molecule has 2 nitrogen and oxygen atoms in total. The lowest BCUT2D eigenvalue weighted by molar-refractivity contribution is -0.0328. The predicted octanol–water partition coefficient (Wildman–Crippen LogP) is 4.03. The molecule has 0 spiro atoms. The van der Waals surface area contributed by atoms with Crippen LogP contribution in [0.1, 0.15) is 31.9 Å². The van der Waals surface area contributed by atoms with Crippen molar-refractivity contribution in [2.45, 2.75) is 42.8 Å². The summed E-state index contributed by atoms with van der Waals surface area (Å²) in [4.78, 5) is 2.57. The smallest absolute Gasteiger partial charge is 0.329 e. The molecule has 0 aliphatic carbocycles. The zero-order valence-electron chi connectivity index (χ0n) is 12.2. The van der Waals surface area contributed by atoms with Crippen molar-refractivity contribution >= 4 is 11.8 Å². The molecule has 2 N–H and O–H groups in total. The van der Waals surface area contributed by atoms with Crippen LogP contribution in [0.15, 0.2) is 29.2 Å². The van der Waals surface area contributed by atoms with Crippen molar-refractivity contribution in [1.29, 1.82) is 0 Å². The third kappa shape index (κ3) is 4.37. The van der Waals surface area contributed by atoms with E-state index < -0.39 is 5.51 Å². The molecule has 1 heterocycles. The van der Waals surface area contributed by atoms with Crippen molar-refractivity contribution < 1.29 is 13.2 Å². The van der Waals surface area contributed by atoms with Gasteiger partial charge >= 0.3 is 5.51 Å². The van der Waals surface area contributed by atoms with Gasteiger partial charge in [0.25, 0.3) is 0 Å². The number of alkyl halides is 3. The maximum absolute atomic E-state index is 12.3. The number of rotatable bonds is 4. The summed E-state index contributed by atoms with van der Waals surface area (Å²) in [6.07, 6.45) is 1.14. The summed E-state index contributed by atoms with van der Waals surface area (Å²) in [5.41, 5.74) is 2.65. The van der Waals surface area contributed by atoms with Crippen molar-refractivity contribution in [2.24, 2.45) is 11.7 Å². The van der Waals surface area contributed by atoms with Crippen LogP contribution in [0.4, 0.5) is 13.2 Å². The molecule has 1 aromatic carbocycles. The minimum absolute atomic E-state index is 0.0786. The number of halogens is 3. The predicted molar refractivity (Wildman–Crippen MR) is 80.1 cm³/mol. The number of likely N-dealkylation sites (tertiary alicyclic amines) is 1. The molecule has 0 saturated carbocycles. The Morgan fingerprint density at radius 2 is 1.90 bits per heavy atom. The van der Waals surface area contributed by atoms with E-state index in [9.17, 15) is 13.2 Å². The molecule has 0 aromatic heterocycles. The number of nitrogens with two attached hydrogens (primary N) is 1. The summed E-state index contributed by atoms with van der Waals surface area (Å²) in [5.74, 6) is 0.633. The molecule has 2 rings (SSSR count). The number of benzene rings is 1. The Bertz CT molecular complexity index is 461. The minimum atomic E-state index is -4.24. The highest BCUT2D eigenvalue weighted by atomic mass is 32.2. The van der Waals surface area contributed by atoms with Gasteiger partial charge in [-0.1, -0.05) is 19.1 Å². The quantitative estimate of drug-likeness (QED) is 0.850. The van der Waals surface area contributed by atoms with Crippen molar-refractivity contribution in [1.82, 2.24) is 4.90 Å². The molecule has 0 amide bonds. The molecule has 0 radical (unpaired) electrons. The van der Waals surface area contributed by atoms with E-state index in [1.807, 2.05) is 0 Å². The van der Waals surface area contributed by atoms with Crippen LogP contribution in [0.2, 0.25) is 0 Å². The largest absolute Gasteiger partial charge is 0.446 e. The second-order valence-electron chi connectivity index (χ2n) is 5.76. The van der Waals surface area contributed by atoms with Gasteiger partial charge < -0.3 is 5.73 Å².